The third-order valence-corrected chi connectivity index (χ3v) is 8.96. The summed E-state index contributed by atoms with van der Waals surface area (Å²) in [6.45, 7) is 23.6. The van der Waals surface area contributed by atoms with Gasteiger partial charge in [-0.3, -0.25) is 0 Å². The van der Waals surface area contributed by atoms with Crippen LogP contribution in [0.2, 0.25) is 0 Å². The third-order valence-electron chi connectivity index (χ3n) is 8.96. The van der Waals surface area contributed by atoms with E-state index in [0.717, 1.165) is 38.7 Å². The molecule has 0 spiro atoms. The van der Waals surface area contributed by atoms with E-state index in [1.807, 2.05) is 0 Å². The number of ether oxygens (including phenoxy) is 4. The Bertz CT molecular complexity index is 515. The molecule has 2 rings (SSSR count). The Hall–Kier alpha value is -0.160. The van der Waals surface area contributed by atoms with Gasteiger partial charge in [0.05, 0.1) is 17.8 Å². The Morgan fingerprint density at radius 1 is 0.645 bits per heavy atom. The Kier molecular flexibility index (Phi) is 10.3. The lowest BCUT2D eigenvalue weighted by atomic mass is 9.66. The van der Waals surface area contributed by atoms with E-state index in [1.165, 1.54) is 0 Å². The summed E-state index contributed by atoms with van der Waals surface area (Å²) in [6.07, 6.45) is 5.13. The zero-order valence-corrected chi connectivity index (χ0v) is 22.1. The van der Waals surface area contributed by atoms with Crippen molar-refractivity contribution in [2.45, 2.75) is 132 Å². The first-order valence-corrected chi connectivity index (χ1v) is 13.3. The van der Waals surface area contributed by atoms with Crippen molar-refractivity contribution in [3.8, 4) is 0 Å². The van der Waals surface area contributed by atoms with E-state index in [9.17, 15) is 0 Å². The largest absolute Gasteiger partial charge is 0.352 e. The topological polar surface area (TPSA) is 36.9 Å². The second-order valence-electron chi connectivity index (χ2n) is 10.5. The van der Waals surface area contributed by atoms with Crippen molar-refractivity contribution in [2.24, 2.45) is 35.5 Å². The van der Waals surface area contributed by atoms with Gasteiger partial charge in [0.15, 0.2) is 12.6 Å². The van der Waals surface area contributed by atoms with E-state index in [4.69, 9.17) is 18.9 Å². The number of hydrogen-bond donors (Lipinski definition) is 0. The SMILES string of the molecule is CCCOC1OC(CC)C(C(CC)(CC)OC2OC(CC)C(C)C(C)C2C)C(C)C1C. The van der Waals surface area contributed by atoms with Crippen LogP contribution in [0, 0.1) is 35.5 Å². The molecular formula is C27H52O4. The molecule has 184 valence electrons. The van der Waals surface area contributed by atoms with Gasteiger partial charge >= 0.3 is 0 Å². The fraction of sp³-hybridized carbons (Fsp3) is 1.00. The molecule has 31 heavy (non-hydrogen) atoms. The maximum atomic E-state index is 7.10. The van der Waals surface area contributed by atoms with Crippen molar-refractivity contribution in [1.29, 1.82) is 0 Å². The van der Waals surface area contributed by atoms with Crippen molar-refractivity contribution in [3.05, 3.63) is 0 Å². The summed E-state index contributed by atoms with van der Waals surface area (Å²) in [5, 5.41) is 0. The maximum absolute atomic E-state index is 7.10. The lowest BCUT2D eigenvalue weighted by Gasteiger charge is -2.55. The quantitative estimate of drug-likeness (QED) is 0.364. The van der Waals surface area contributed by atoms with Crippen LogP contribution in [0.4, 0.5) is 0 Å². The predicted molar refractivity (Wildman–Crippen MR) is 128 cm³/mol. The summed E-state index contributed by atoms with van der Waals surface area (Å²) < 4.78 is 26.4. The number of hydrogen-bond acceptors (Lipinski definition) is 4. The Morgan fingerprint density at radius 2 is 1.19 bits per heavy atom. The highest BCUT2D eigenvalue weighted by Crippen LogP contribution is 2.49. The molecule has 2 fully saturated rings. The van der Waals surface area contributed by atoms with Crippen LogP contribution in [0.25, 0.3) is 0 Å². The molecule has 2 aliphatic rings. The van der Waals surface area contributed by atoms with Gasteiger partial charge in [0.1, 0.15) is 0 Å². The monoisotopic (exact) mass is 440 g/mol. The standard InChI is InChI=1S/C27H52O4/c1-11-16-28-25-21(10)19(8)24(23(13-3)30-25)27(14-4,15-5)31-26-20(9)17(6)18(7)22(12-2)29-26/h17-26H,11-16H2,1-10H3. The summed E-state index contributed by atoms with van der Waals surface area (Å²) >= 11 is 0. The highest BCUT2D eigenvalue weighted by Gasteiger charge is 2.53. The minimum atomic E-state index is -0.248. The highest BCUT2D eigenvalue weighted by atomic mass is 16.7. The molecular weight excluding hydrogens is 388 g/mol. The first-order chi connectivity index (χ1) is 14.7. The van der Waals surface area contributed by atoms with E-state index in [-0.39, 0.29) is 30.4 Å². The van der Waals surface area contributed by atoms with Crippen molar-refractivity contribution >= 4 is 0 Å². The van der Waals surface area contributed by atoms with Crippen LogP contribution >= 0.6 is 0 Å². The summed E-state index contributed by atoms with van der Waals surface area (Å²) in [7, 11) is 0. The Balaban J connectivity index is 2.31. The Morgan fingerprint density at radius 3 is 1.71 bits per heavy atom. The van der Waals surface area contributed by atoms with Crippen molar-refractivity contribution < 1.29 is 18.9 Å². The van der Waals surface area contributed by atoms with Gasteiger partial charge in [-0.15, -0.1) is 0 Å². The van der Waals surface area contributed by atoms with Gasteiger partial charge in [-0.25, -0.2) is 0 Å². The predicted octanol–water partition coefficient (Wildman–Crippen LogP) is 7.05. The van der Waals surface area contributed by atoms with Crippen LogP contribution in [0.5, 0.6) is 0 Å². The summed E-state index contributed by atoms with van der Waals surface area (Å²) in [6, 6.07) is 0. The average molecular weight is 441 g/mol. The molecule has 0 amide bonds. The lowest BCUT2D eigenvalue weighted by molar-refractivity contribution is -0.330. The molecule has 2 heterocycles. The van der Waals surface area contributed by atoms with Crippen LogP contribution < -0.4 is 0 Å². The molecule has 2 aliphatic heterocycles. The van der Waals surface area contributed by atoms with Gasteiger partial charge in [-0.05, 0) is 49.9 Å². The van der Waals surface area contributed by atoms with E-state index in [1.54, 1.807) is 0 Å². The van der Waals surface area contributed by atoms with Crippen LogP contribution in [0.3, 0.4) is 0 Å². The van der Waals surface area contributed by atoms with E-state index < -0.39 is 0 Å². The second kappa shape index (κ2) is 11.8. The molecule has 4 heteroatoms. The van der Waals surface area contributed by atoms with Gasteiger partial charge in [0.25, 0.3) is 0 Å². The molecule has 0 saturated carbocycles. The maximum Gasteiger partial charge on any atom is 0.161 e. The smallest absolute Gasteiger partial charge is 0.161 e. The molecule has 2 saturated heterocycles. The molecule has 0 aliphatic carbocycles. The normalized spacial score (nSPS) is 42.0. The first kappa shape index (κ1) is 27.1. The van der Waals surface area contributed by atoms with Gasteiger partial charge in [0, 0.05) is 24.4 Å². The summed E-state index contributed by atoms with van der Waals surface area (Å²) in [5.41, 5.74) is -0.248. The van der Waals surface area contributed by atoms with Crippen LogP contribution in [-0.4, -0.2) is 37.0 Å². The zero-order chi connectivity index (χ0) is 23.3. The van der Waals surface area contributed by atoms with Crippen LogP contribution in [-0.2, 0) is 18.9 Å². The first-order valence-electron chi connectivity index (χ1n) is 13.3. The molecule has 0 aromatic carbocycles. The van der Waals surface area contributed by atoms with Crippen LogP contribution in [0.15, 0.2) is 0 Å². The molecule has 0 aromatic heterocycles. The van der Waals surface area contributed by atoms with Crippen molar-refractivity contribution in [1.82, 2.24) is 0 Å². The van der Waals surface area contributed by atoms with Gasteiger partial charge in [-0.1, -0.05) is 69.2 Å². The highest BCUT2D eigenvalue weighted by molar-refractivity contribution is 4.99. The number of rotatable bonds is 10. The molecule has 10 atom stereocenters. The average Bonchev–Trinajstić information content (AvgIpc) is 2.78. The summed E-state index contributed by atoms with van der Waals surface area (Å²) in [5.74, 6) is 2.66. The second-order valence-corrected chi connectivity index (χ2v) is 10.5. The van der Waals surface area contributed by atoms with Gasteiger partial charge in [0.2, 0.25) is 0 Å². The molecule has 4 nitrogen and oxygen atoms in total. The molecule has 0 bridgehead atoms. The van der Waals surface area contributed by atoms with E-state index in [2.05, 4.69) is 69.2 Å². The molecule has 0 aromatic rings. The third kappa shape index (κ3) is 5.50. The van der Waals surface area contributed by atoms with Crippen LogP contribution in [0.1, 0.15) is 101 Å². The molecule has 10 unspecified atom stereocenters. The minimum absolute atomic E-state index is 0.113. The zero-order valence-electron chi connectivity index (χ0n) is 22.1. The Labute approximate surface area is 193 Å². The van der Waals surface area contributed by atoms with Gasteiger partial charge in [-0.2, -0.15) is 0 Å². The van der Waals surface area contributed by atoms with E-state index >= 15 is 0 Å². The fourth-order valence-electron chi connectivity index (χ4n) is 6.17. The van der Waals surface area contributed by atoms with E-state index in [0.29, 0.717) is 35.5 Å². The van der Waals surface area contributed by atoms with Gasteiger partial charge < -0.3 is 18.9 Å². The minimum Gasteiger partial charge on any atom is -0.352 e. The van der Waals surface area contributed by atoms with Crippen molar-refractivity contribution in [3.63, 3.8) is 0 Å². The molecule has 0 radical (unpaired) electrons. The fourth-order valence-corrected chi connectivity index (χ4v) is 6.17. The lowest BCUT2D eigenvalue weighted by Crippen LogP contribution is -2.59. The molecule has 0 N–H and O–H groups in total. The summed E-state index contributed by atoms with van der Waals surface area (Å²) in [4.78, 5) is 0. The van der Waals surface area contributed by atoms with Crippen molar-refractivity contribution in [2.75, 3.05) is 6.61 Å².